The minimum atomic E-state index is -3.05. The minimum absolute atomic E-state index is 0.0347. The van der Waals surface area contributed by atoms with Crippen molar-refractivity contribution in [1.82, 2.24) is 9.88 Å². The van der Waals surface area contributed by atoms with E-state index < -0.39 is 9.84 Å². The van der Waals surface area contributed by atoms with Gasteiger partial charge in [0.2, 0.25) is 0 Å². The lowest BCUT2D eigenvalue weighted by Gasteiger charge is -2.26. The number of nitrogens with zero attached hydrogens (tertiary/aromatic N) is 2. The summed E-state index contributed by atoms with van der Waals surface area (Å²) in [5, 5.41) is 3.34. The second-order valence-corrected chi connectivity index (χ2v) is 9.18. The molecule has 27 heavy (non-hydrogen) atoms. The highest BCUT2D eigenvalue weighted by atomic mass is 32.2. The molecule has 1 aliphatic rings. The number of sulfone groups is 1. The van der Waals surface area contributed by atoms with E-state index in [1.807, 2.05) is 32.0 Å². The molecule has 1 fully saturated rings. The van der Waals surface area contributed by atoms with E-state index in [1.165, 1.54) is 5.56 Å². The smallest absolute Gasteiger partial charge is 0.272 e. The van der Waals surface area contributed by atoms with E-state index in [0.29, 0.717) is 18.7 Å². The van der Waals surface area contributed by atoms with E-state index in [0.717, 1.165) is 16.9 Å². The van der Waals surface area contributed by atoms with Crippen molar-refractivity contribution in [2.75, 3.05) is 23.4 Å². The van der Waals surface area contributed by atoms with Crippen LogP contribution in [0.3, 0.4) is 0 Å². The number of amides is 1. The Morgan fingerprint density at radius 1 is 1.30 bits per heavy atom. The molecule has 1 saturated heterocycles. The first kappa shape index (κ1) is 19.4. The van der Waals surface area contributed by atoms with Crippen molar-refractivity contribution in [1.29, 1.82) is 0 Å². The number of carbonyl (C=O) groups is 1. The molecule has 1 N–H and O–H groups in total. The SMILES string of the molecule is CCN(C(=O)c1cc(Nc2cccc(C)c2C)ccn1)C1CCS(=O)(=O)C1. The van der Waals surface area contributed by atoms with Crippen molar-refractivity contribution in [3.8, 4) is 0 Å². The molecule has 2 aromatic rings. The highest BCUT2D eigenvalue weighted by Crippen LogP contribution is 2.24. The topological polar surface area (TPSA) is 79.4 Å². The van der Waals surface area contributed by atoms with Gasteiger partial charge in [-0.15, -0.1) is 0 Å². The molecule has 0 saturated carbocycles. The summed E-state index contributed by atoms with van der Waals surface area (Å²) in [7, 11) is -3.05. The van der Waals surface area contributed by atoms with Crippen molar-refractivity contribution in [3.63, 3.8) is 0 Å². The van der Waals surface area contributed by atoms with E-state index in [9.17, 15) is 13.2 Å². The van der Waals surface area contributed by atoms with Crippen LogP contribution < -0.4 is 5.32 Å². The maximum absolute atomic E-state index is 12.9. The molecule has 1 atom stereocenters. The van der Waals surface area contributed by atoms with E-state index in [1.54, 1.807) is 17.2 Å². The first-order valence-electron chi connectivity index (χ1n) is 9.11. The second-order valence-electron chi connectivity index (χ2n) is 6.95. The zero-order chi connectivity index (χ0) is 19.6. The number of aromatic nitrogens is 1. The molecule has 1 unspecified atom stereocenters. The molecule has 1 amide bonds. The first-order chi connectivity index (χ1) is 12.8. The van der Waals surface area contributed by atoms with Gasteiger partial charge in [-0.05, 0) is 56.5 Å². The molecule has 2 heterocycles. The molecule has 0 radical (unpaired) electrons. The van der Waals surface area contributed by atoms with Gasteiger partial charge >= 0.3 is 0 Å². The van der Waals surface area contributed by atoms with Crippen LogP contribution in [-0.2, 0) is 9.84 Å². The summed E-state index contributed by atoms with van der Waals surface area (Å²) in [6.45, 7) is 6.41. The standard InChI is InChI=1S/C20H25N3O3S/c1-4-23(17-9-11-27(25,26)13-17)20(24)19-12-16(8-10-21-19)22-18-7-5-6-14(2)15(18)3/h5-8,10,12,17H,4,9,11,13H2,1-3H3,(H,21,22). The van der Waals surface area contributed by atoms with Gasteiger partial charge in [-0.25, -0.2) is 8.42 Å². The average molecular weight is 388 g/mol. The molecule has 6 nitrogen and oxygen atoms in total. The fourth-order valence-electron chi connectivity index (χ4n) is 3.40. The molecule has 3 rings (SSSR count). The molecule has 144 valence electrons. The fraction of sp³-hybridized carbons (Fsp3) is 0.400. The van der Waals surface area contributed by atoms with Crippen LogP contribution in [-0.4, -0.2) is 48.3 Å². The summed E-state index contributed by atoms with van der Waals surface area (Å²) in [6.07, 6.45) is 2.09. The predicted molar refractivity (Wildman–Crippen MR) is 107 cm³/mol. The Bertz CT molecular complexity index is 957. The van der Waals surface area contributed by atoms with Crippen LogP contribution in [0.1, 0.15) is 35.0 Å². The highest BCUT2D eigenvalue weighted by molar-refractivity contribution is 7.91. The Kier molecular flexibility index (Phi) is 5.51. The normalized spacial score (nSPS) is 18.3. The molecule has 7 heteroatoms. The Labute approximate surface area is 160 Å². The van der Waals surface area contributed by atoms with Crippen LogP contribution in [0.2, 0.25) is 0 Å². The third kappa shape index (κ3) is 4.30. The van der Waals surface area contributed by atoms with Gasteiger partial charge in [0.1, 0.15) is 5.69 Å². The average Bonchev–Trinajstić information content (AvgIpc) is 2.99. The van der Waals surface area contributed by atoms with Gasteiger partial charge in [0.05, 0.1) is 11.5 Å². The zero-order valence-corrected chi connectivity index (χ0v) is 16.7. The third-order valence-electron chi connectivity index (χ3n) is 5.11. The number of rotatable bonds is 5. The Morgan fingerprint density at radius 2 is 2.07 bits per heavy atom. The molecule has 1 aromatic carbocycles. The van der Waals surface area contributed by atoms with Crippen molar-refractivity contribution >= 4 is 27.1 Å². The minimum Gasteiger partial charge on any atom is -0.355 e. The molecule has 0 bridgehead atoms. The second kappa shape index (κ2) is 7.68. The van der Waals surface area contributed by atoms with Crippen LogP contribution >= 0.6 is 0 Å². The summed E-state index contributed by atoms with van der Waals surface area (Å²) >= 11 is 0. The van der Waals surface area contributed by atoms with Crippen molar-refractivity contribution < 1.29 is 13.2 Å². The van der Waals surface area contributed by atoms with Gasteiger partial charge in [-0.3, -0.25) is 9.78 Å². The number of hydrogen-bond donors (Lipinski definition) is 1. The van der Waals surface area contributed by atoms with Crippen LogP contribution in [0.25, 0.3) is 0 Å². The van der Waals surface area contributed by atoms with Gasteiger partial charge in [-0.2, -0.15) is 0 Å². The maximum atomic E-state index is 12.9. The van der Waals surface area contributed by atoms with Crippen LogP contribution in [0.4, 0.5) is 11.4 Å². The van der Waals surface area contributed by atoms with Gasteiger partial charge < -0.3 is 10.2 Å². The lowest BCUT2D eigenvalue weighted by atomic mass is 10.1. The number of aryl methyl sites for hydroxylation is 1. The Morgan fingerprint density at radius 3 is 2.74 bits per heavy atom. The number of nitrogens with one attached hydrogen (secondary N) is 1. The van der Waals surface area contributed by atoms with Crippen LogP contribution in [0.5, 0.6) is 0 Å². The zero-order valence-electron chi connectivity index (χ0n) is 15.9. The summed E-state index contributed by atoms with van der Waals surface area (Å²) in [5.74, 6) is -0.0555. The van der Waals surface area contributed by atoms with Crippen LogP contribution in [0, 0.1) is 13.8 Å². The lowest BCUT2D eigenvalue weighted by molar-refractivity contribution is 0.0702. The Balaban J connectivity index is 1.82. The van der Waals surface area contributed by atoms with Gasteiger partial charge in [0, 0.05) is 30.2 Å². The number of benzene rings is 1. The van der Waals surface area contributed by atoms with Gasteiger partial charge in [0.25, 0.3) is 5.91 Å². The summed E-state index contributed by atoms with van der Waals surface area (Å²) in [4.78, 5) is 18.8. The number of hydrogen-bond acceptors (Lipinski definition) is 5. The fourth-order valence-corrected chi connectivity index (χ4v) is 5.13. The lowest BCUT2D eigenvalue weighted by Crippen LogP contribution is -2.41. The van der Waals surface area contributed by atoms with Gasteiger partial charge in [-0.1, -0.05) is 12.1 Å². The van der Waals surface area contributed by atoms with E-state index in [4.69, 9.17) is 0 Å². The highest BCUT2D eigenvalue weighted by Gasteiger charge is 2.34. The van der Waals surface area contributed by atoms with Crippen molar-refractivity contribution in [3.05, 3.63) is 53.3 Å². The van der Waals surface area contributed by atoms with E-state index in [2.05, 4.69) is 23.3 Å². The third-order valence-corrected chi connectivity index (χ3v) is 6.86. The van der Waals surface area contributed by atoms with Gasteiger partial charge in [0.15, 0.2) is 9.84 Å². The quantitative estimate of drug-likeness (QED) is 0.853. The number of carbonyl (C=O) groups excluding carboxylic acids is 1. The summed E-state index contributed by atoms with van der Waals surface area (Å²) in [6, 6.07) is 9.29. The summed E-state index contributed by atoms with van der Waals surface area (Å²) in [5.41, 5.74) is 4.40. The molecule has 1 aliphatic heterocycles. The number of pyridine rings is 1. The Hall–Kier alpha value is -2.41. The van der Waals surface area contributed by atoms with Crippen molar-refractivity contribution in [2.24, 2.45) is 0 Å². The summed E-state index contributed by atoms with van der Waals surface area (Å²) < 4.78 is 23.5. The monoisotopic (exact) mass is 387 g/mol. The molecule has 0 aliphatic carbocycles. The number of anilines is 2. The molecule has 1 aromatic heterocycles. The predicted octanol–water partition coefficient (Wildman–Crippen LogP) is 3.09. The molecular formula is C20H25N3O3S. The molecular weight excluding hydrogens is 362 g/mol. The van der Waals surface area contributed by atoms with Crippen LogP contribution in [0.15, 0.2) is 36.5 Å². The molecule has 0 spiro atoms. The van der Waals surface area contributed by atoms with E-state index >= 15 is 0 Å². The first-order valence-corrected chi connectivity index (χ1v) is 10.9. The van der Waals surface area contributed by atoms with E-state index in [-0.39, 0.29) is 23.5 Å². The van der Waals surface area contributed by atoms with Crippen molar-refractivity contribution in [2.45, 2.75) is 33.2 Å². The largest absolute Gasteiger partial charge is 0.355 e. The maximum Gasteiger partial charge on any atom is 0.272 e.